The van der Waals surface area contributed by atoms with Gasteiger partial charge in [0.1, 0.15) is 5.25 Å². The van der Waals surface area contributed by atoms with E-state index in [1.165, 1.54) is 30.2 Å². The van der Waals surface area contributed by atoms with E-state index in [9.17, 15) is 10.1 Å². The topological polar surface area (TPSA) is 58.7 Å². The maximum atomic E-state index is 13.3. The summed E-state index contributed by atoms with van der Waals surface area (Å²) in [5, 5.41) is 9.74. The SMILES string of the molecule is N#C[C@@H]1Cn2c(nc3c(c2=O)C2(CCCC2)Cc2ccccc2-3)S1. The molecule has 5 rings (SSSR count). The van der Waals surface area contributed by atoms with E-state index >= 15 is 0 Å². The fraction of sp³-hybridized carbons (Fsp3) is 0.421. The van der Waals surface area contributed by atoms with Crippen LogP contribution < -0.4 is 5.56 Å². The lowest BCUT2D eigenvalue weighted by Crippen LogP contribution is -2.39. The number of nitriles is 1. The first-order valence-electron chi connectivity index (χ1n) is 8.52. The van der Waals surface area contributed by atoms with Gasteiger partial charge < -0.3 is 0 Å². The van der Waals surface area contributed by atoms with Crippen LogP contribution in [0, 0.1) is 11.3 Å². The smallest absolute Gasteiger partial charge is 0.258 e. The average Bonchev–Trinajstić information content (AvgIpc) is 3.22. The maximum absolute atomic E-state index is 13.3. The zero-order chi connectivity index (χ0) is 16.3. The Labute approximate surface area is 144 Å². The normalized spacial score (nSPS) is 22.7. The van der Waals surface area contributed by atoms with E-state index in [1.54, 1.807) is 4.57 Å². The summed E-state index contributed by atoms with van der Waals surface area (Å²) in [4.78, 5) is 18.2. The molecule has 24 heavy (non-hydrogen) atoms. The minimum atomic E-state index is -0.205. The van der Waals surface area contributed by atoms with Gasteiger partial charge in [-0.25, -0.2) is 4.98 Å². The second-order valence-corrected chi connectivity index (χ2v) is 8.26. The van der Waals surface area contributed by atoms with Gasteiger partial charge in [-0.3, -0.25) is 9.36 Å². The maximum Gasteiger partial charge on any atom is 0.258 e. The Kier molecular flexibility index (Phi) is 2.96. The average molecular weight is 335 g/mol. The quantitative estimate of drug-likeness (QED) is 0.693. The molecule has 3 aliphatic rings. The predicted molar refractivity (Wildman–Crippen MR) is 93.0 cm³/mol. The third kappa shape index (κ3) is 1.81. The molecule has 1 saturated carbocycles. The molecule has 2 aliphatic carbocycles. The van der Waals surface area contributed by atoms with E-state index in [-0.39, 0.29) is 16.2 Å². The van der Waals surface area contributed by atoms with Crippen LogP contribution >= 0.6 is 11.8 Å². The van der Waals surface area contributed by atoms with Crippen molar-refractivity contribution in [2.45, 2.75) is 54.5 Å². The summed E-state index contributed by atoms with van der Waals surface area (Å²) in [6, 6.07) is 10.6. The molecule has 1 fully saturated rings. The lowest BCUT2D eigenvalue weighted by atomic mass is 9.68. The zero-order valence-electron chi connectivity index (χ0n) is 13.3. The van der Waals surface area contributed by atoms with Gasteiger partial charge >= 0.3 is 0 Å². The summed E-state index contributed by atoms with van der Waals surface area (Å²) < 4.78 is 1.74. The van der Waals surface area contributed by atoms with E-state index in [1.807, 2.05) is 6.07 Å². The molecule has 4 nitrogen and oxygen atoms in total. The fourth-order valence-corrected chi connectivity index (χ4v) is 5.65. The molecule has 5 heteroatoms. The van der Waals surface area contributed by atoms with Gasteiger partial charge in [0.25, 0.3) is 5.56 Å². The van der Waals surface area contributed by atoms with Crippen molar-refractivity contribution in [2.75, 3.05) is 0 Å². The Hall–Kier alpha value is -2.06. The van der Waals surface area contributed by atoms with Gasteiger partial charge in [0.15, 0.2) is 5.16 Å². The van der Waals surface area contributed by atoms with Gasteiger partial charge in [-0.05, 0) is 24.8 Å². The first kappa shape index (κ1) is 14.3. The van der Waals surface area contributed by atoms with Crippen LogP contribution in [0.3, 0.4) is 0 Å². The Morgan fingerprint density at radius 3 is 2.88 bits per heavy atom. The number of hydrogen-bond acceptors (Lipinski definition) is 4. The molecule has 0 saturated heterocycles. The van der Waals surface area contributed by atoms with Crippen molar-refractivity contribution < 1.29 is 0 Å². The van der Waals surface area contributed by atoms with Crippen molar-refractivity contribution in [3.8, 4) is 17.3 Å². The van der Waals surface area contributed by atoms with E-state index in [0.29, 0.717) is 11.7 Å². The number of thioether (sulfide) groups is 1. The molecule has 1 atom stereocenters. The number of aromatic nitrogens is 2. The Morgan fingerprint density at radius 1 is 1.29 bits per heavy atom. The monoisotopic (exact) mass is 335 g/mol. The summed E-state index contributed by atoms with van der Waals surface area (Å²) in [6.07, 6.45) is 5.44. The van der Waals surface area contributed by atoms with Crippen LogP contribution in [-0.4, -0.2) is 14.8 Å². The van der Waals surface area contributed by atoms with E-state index in [4.69, 9.17) is 4.98 Å². The van der Waals surface area contributed by atoms with Crippen molar-refractivity contribution in [3.05, 3.63) is 45.7 Å². The van der Waals surface area contributed by atoms with Gasteiger partial charge in [-0.1, -0.05) is 48.9 Å². The van der Waals surface area contributed by atoms with Crippen molar-refractivity contribution >= 4 is 11.8 Å². The van der Waals surface area contributed by atoms with Gasteiger partial charge in [0.05, 0.1) is 23.9 Å². The summed E-state index contributed by atoms with van der Waals surface area (Å²) in [5.41, 5.74) is 4.25. The minimum absolute atomic E-state index is 0.0504. The van der Waals surface area contributed by atoms with E-state index in [2.05, 4.69) is 24.3 Å². The highest BCUT2D eigenvalue weighted by Gasteiger charge is 2.45. The Morgan fingerprint density at radius 2 is 2.08 bits per heavy atom. The largest absolute Gasteiger partial charge is 0.285 e. The van der Waals surface area contributed by atoms with Gasteiger partial charge in [-0.15, -0.1) is 0 Å². The molecule has 0 amide bonds. The van der Waals surface area contributed by atoms with Crippen molar-refractivity contribution in [2.24, 2.45) is 0 Å². The molecule has 1 aromatic heterocycles. The van der Waals surface area contributed by atoms with Crippen LogP contribution in [0.2, 0.25) is 0 Å². The summed E-state index contributed by atoms with van der Waals surface area (Å²) >= 11 is 1.42. The second-order valence-electron chi connectivity index (χ2n) is 7.09. The summed E-state index contributed by atoms with van der Waals surface area (Å²) in [5.74, 6) is 0. The summed E-state index contributed by atoms with van der Waals surface area (Å²) in [6.45, 7) is 0.466. The highest BCUT2D eigenvalue weighted by molar-refractivity contribution is 8.00. The molecule has 0 unspecified atom stereocenters. The molecule has 0 N–H and O–H groups in total. The molecule has 120 valence electrons. The molecule has 0 radical (unpaired) electrons. The molecule has 0 bridgehead atoms. The molecule has 1 spiro atoms. The molecule has 2 heterocycles. The van der Waals surface area contributed by atoms with Gasteiger partial charge in [0.2, 0.25) is 0 Å². The van der Waals surface area contributed by atoms with Crippen LogP contribution in [0.4, 0.5) is 0 Å². The first-order chi connectivity index (χ1) is 11.7. The lowest BCUT2D eigenvalue weighted by Gasteiger charge is -2.36. The number of nitrogens with zero attached hydrogens (tertiary/aromatic N) is 3. The van der Waals surface area contributed by atoms with Gasteiger partial charge in [0, 0.05) is 11.0 Å². The van der Waals surface area contributed by atoms with Crippen LogP contribution in [0.1, 0.15) is 36.8 Å². The second kappa shape index (κ2) is 4.97. The van der Waals surface area contributed by atoms with E-state index < -0.39 is 0 Å². The van der Waals surface area contributed by atoms with Crippen molar-refractivity contribution in [3.63, 3.8) is 0 Å². The van der Waals surface area contributed by atoms with Crippen LogP contribution in [-0.2, 0) is 18.4 Å². The van der Waals surface area contributed by atoms with Crippen LogP contribution in [0.5, 0.6) is 0 Å². The number of rotatable bonds is 0. The molecular weight excluding hydrogens is 318 g/mol. The molecule has 1 aliphatic heterocycles. The number of benzene rings is 1. The van der Waals surface area contributed by atoms with Crippen LogP contribution in [0.15, 0.2) is 34.2 Å². The Bertz CT molecular complexity index is 950. The van der Waals surface area contributed by atoms with E-state index in [0.717, 1.165) is 36.1 Å². The molecule has 1 aromatic carbocycles. The zero-order valence-corrected chi connectivity index (χ0v) is 14.1. The van der Waals surface area contributed by atoms with Crippen molar-refractivity contribution in [1.29, 1.82) is 5.26 Å². The molecule has 2 aromatic rings. The van der Waals surface area contributed by atoms with Crippen molar-refractivity contribution in [1.82, 2.24) is 9.55 Å². The van der Waals surface area contributed by atoms with Gasteiger partial charge in [-0.2, -0.15) is 5.26 Å². The predicted octanol–water partition coefficient (Wildman–Crippen LogP) is 3.28. The highest BCUT2D eigenvalue weighted by Crippen LogP contribution is 2.50. The van der Waals surface area contributed by atoms with Crippen LogP contribution in [0.25, 0.3) is 11.3 Å². The Balaban J connectivity index is 1.83. The minimum Gasteiger partial charge on any atom is -0.285 e. The standard InChI is InChI=1S/C19H17N3OS/c20-10-13-11-22-17(23)15-16(21-18(22)24-13)14-6-2-1-5-12(14)9-19(15)7-3-4-8-19/h1-2,5-6,13H,3-4,7-9,11H2/t13-/m1/s1. The number of hydrogen-bond donors (Lipinski definition) is 0. The number of fused-ring (bicyclic) bond motifs is 5. The summed E-state index contributed by atoms with van der Waals surface area (Å²) in [7, 11) is 0. The first-order valence-corrected chi connectivity index (χ1v) is 9.40. The lowest BCUT2D eigenvalue weighted by molar-refractivity contribution is 0.417. The third-order valence-electron chi connectivity index (χ3n) is 5.77. The fourth-order valence-electron chi connectivity index (χ4n) is 4.69. The highest BCUT2D eigenvalue weighted by atomic mass is 32.2. The third-order valence-corrected chi connectivity index (χ3v) is 6.83. The molecular formula is C19H17N3OS.